The molecule has 4 saturated carbocycles. The standard InChI is InChI=1S/C37H54O10/c1-18(13-20(39)30-33(5,6)47-30)27-21(40)14-34(7)24-10-9-23-32(3,4)25(46-31-29(43)28(42)22(41)16-44-31)11-12-36(23)17-37(24,36)15-26(35(27,34)8)45-19(2)38/h10,18,22-23,25-31,41-43H,9,11-17H2,1-8H3/t18-,22-,23+,25?,26?,27+,28+,29-,30?,31+,34+,35-,36-,37+/m1/s1. The van der Waals surface area contributed by atoms with Crippen molar-refractivity contribution >= 4 is 17.5 Å². The smallest absolute Gasteiger partial charge is 0.302 e. The summed E-state index contributed by atoms with van der Waals surface area (Å²) in [5.41, 5.74) is -0.862. The number of ether oxygens (including phenoxy) is 4. The number of carbonyl (C=O) groups excluding carboxylic acids is 3. The van der Waals surface area contributed by atoms with Crippen LogP contribution in [0.15, 0.2) is 11.6 Å². The van der Waals surface area contributed by atoms with Crippen LogP contribution in [0.1, 0.15) is 100 Å². The van der Waals surface area contributed by atoms with Crippen molar-refractivity contribution in [1.29, 1.82) is 0 Å². The number of hydrogen-bond acceptors (Lipinski definition) is 10. The van der Waals surface area contributed by atoms with Gasteiger partial charge in [-0.3, -0.25) is 14.4 Å². The molecule has 47 heavy (non-hydrogen) atoms. The van der Waals surface area contributed by atoms with Crippen LogP contribution in [0.3, 0.4) is 0 Å². The van der Waals surface area contributed by atoms with Crippen LogP contribution in [-0.4, -0.2) is 88.0 Å². The topological polar surface area (TPSA) is 152 Å². The van der Waals surface area contributed by atoms with Crippen LogP contribution in [0.25, 0.3) is 0 Å². The molecule has 2 spiro atoms. The lowest BCUT2D eigenvalue weighted by Gasteiger charge is -2.61. The zero-order chi connectivity index (χ0) is 34.3. The Balaban J connectivity index is 1.20. The number of carbonyl (C=O) groups is 3. The van der Waals surface area contributed by atoms with Crippen molar-refractivity contribution in [3.8, 4) is 0 Å². The molecule has 7 rings (SSSR count). The summed E-state index contributed by atoms with van der Waals surface area (Å²) in [5, 5.41) is 30.8. The van der Waals surface area contributed by atoms with Crippen molar-refractivity contribution in [2.45, 2.75) is 149 Å². The van der Waals surface area contributed by atoms with E-state index in [9.17, 15) is 29.7 Å². The molecule has 0 bridgehead atoms. The number of rotatable bonds is 7. The van der Waals surface area contributed by atoms with Crippen molar-refractivity contribution in [1.82, 2.24) is 0 Å². The normalized spacial score (nSPS) is 51.0. The largest absolute Gasteiger partial charge is 0.462 e. The van der Waals surface area contributed by atoms with Gasteiger partial charge in [-0.2, -0.15) is 0 Å². The van der Waals surface area contributed by atoms with E-state index in [1.54, 1.807) is 0 Å². The Morgan fingerprint density at radius 3 is 2.38 bits per heavy atom. The maximum absolute atomic E-state index is 14.2. The first-order valence-electron chi connectivity index (χ1n) is 17.7. The highest BCUT2D eigenvalue weighted by molar-refractivity contribution is 5.90. The number of aliphatic hydroxyl groups is 3. The molecular weight excluding hydrogens is 604 g/mol. The predicted molar refractivity (Wildman–Crippen MR) is 169 cm³/mol. The zero-order valence-electron chi connectivity index (χ0n) is 29.2. The molecule has 0 radical (unpaired) electrons. The molecular formula is C37H54O10. The SMILES string of the molecule is CC(=O)OC1C[C@@]23C[C@@]24CCC(O[C@@H]2OC[C@@H](O)[C@H](O)[C@H]2O)C(C)(C)[C@@H]4CC=C3[C@]2(C)CC(=O)[C@H]([C@H](C)CC(=O)C3OC3(C)C)[C@@]12C. The monoisotopic (exact) mass is 658 g/mol. The minimum absolute atomic E-state index is 0.0303. The molecule has 14 atom stereocenters. The summed E-state index contributed by atoms with van der Waals surface area (Å²) in [6.07, 6.45) is 1.06. The number of Topliss-reactive ketones (excluding diaryl/α,β-unsaturated/α-hetero) is 2. The summed E-state index contributed by atoms with van der Waals surface area (Å²) >= 11 is 0. The molecule has 6 fully saturated rings. The van der Waals surface area contributed by atoms with E-state index in [2.05, 4.69) is 33.8 Å². The van der Waals surface area contributed by atoms with Crippen LogP contribution in [0.5, 0.6) is 0 Å². The van der Waals surface area contributed by atoms with Crippen LogP contribution in [0, 0.1) is 44.8 Å². The molecule has 0 aromatic heterocycles. The third-order valence-electron chi connectivity index (χ3n) is 14.7. The second-order valence-corrected chi connectivity index (χ2v) is 17.8. The molecule has 7 aliphatic rings. The Labute approximate surface area is 277 Å². The van der Waals surface area contributed by atoms with Crippen LogP contribution in [0.4, 0.5) is 0 Å². The summed E-state index contributed by atoms with van der Waals surface area (Å²) in [7, 11) is 0. The van der Waals surface area contributed by atoms with Gasteiger partial charge in [0.1, 0.15) is 36.3 Å². The Hall–Kier alpha value is -1.69. The van der Waals surface area contributed by atoms with E-state index in [-0.39, 0.29) is 64.7 Å². The van der Waals surface area contributed by atoms with Crippen molar-refractivity contribution < 1.29 is 48.7 Å². The van der Waals surface area contributed by atoms with E-state index in [0.29, 0.717) is 12.8 Å². The van der Waals surface area contributed by atoms with E-state index in [4.69, 9.17) is 18.9 Å². The second kappa shape index (κ2) is 10.4. The lowest BCUT2D eigenvalue weighted by Crippen LogP contribution is -2.60. The van der Waals surface area contributed by atoms with Gasteiger partial charge in [-0.25, -0.2) is 0 Å². The Morgan fingerprint density at radius 1 is 1.06 bits per heavy atom. The molecule has 2 aliphatic heterocycles. The Kier molecular flexibility index (Phi) is 7.49. The zero-order valence-corrected chi connectivity index (χ0v) is 29.2. The van der Waals surface area contributed by atoms with Crippen molar-refractivity contribution in [3.05, 3.63) is 11.6 Å². The van der Waals surface area contributed by atoms with Gasteiger partial charge in [-0.1, -0.05) is 46.3 Å². The van der Waals surface area contributed by atoms with Gasteiger partial charge < -0.3 is 34.3 Å². The summed E-state index contributed by atoms with van der Waals surface area (Å²) in [6.45, 7) is 15.9. The van der Waals surface area contributed by atoms with E-state index in [1.165, 1.54) is 12.5 Å². The third-order valence-corrected chi connectivity index (χ3v) is 14.7. The van der Waals surface area contributed by atoms with Crippen LogP contribution in [-0.2, 0) is 33.3 Å². The Bertz CT molecular complexity index is 1400. The van der Waals surface area contributed by atoms with Crippen LogP contribution < -0.4 is 0 Å². The average Bonchev–Trinajstić information content (AvgIpc) is 3.80. The van der Waals surface area contributed by atoms with Crippen LogP contribution in [0.2, 0.25) is 0 Å². The maximum atomic E-state index is 14.2. The minimum Gasteiger partial charge on any atom is -0.462 e. The highest BCUT2D eigenvalue weighted by atomic mass is 16.7. The molecule has 10 nitrogen and oxygen atoms in total. The fraction of sp³-hybridized carbons (Fsp3) is 0.865. The number of allylic oxidation sites excluding steroid dienone is 2. The van der Waals surface area contributed by atoms with Crippen molar-refractivity contribution in [2.24, 2.45) is 44.8 Å². The lowest BCUT2D eigenvalue weighted by molar-refractivity contribution is -0.300. The molecule has 0 aromatic carbocycles. The molecule has 5 aliphatic carbocycles. The number of esters is 1. The summed E-state index contributed by atoms with van der Waals surface area (Å²) in [4.78, 5) is 40.2. The number of hydrogen-bond donors (Lipinski definition) is 3. The number of ketones is 2. The average molecular weight is 659 g/mol. The van der Waals surface area contributed by atoms with E-state index >= 15 is 0 Å². The van der Waals surface area contributed by atoms with E-state index in [1.807, 2.05) is 20.8 Å². The first-order valence-corrected chi connectivity index (χ1v) is 17.7. The van der Waals surface area contributed by atoms with Crippen molar-refractivity contribution in [2.75, 3.05) is 6.61 Å². The van der Waals surface area contributed by atoms with Crippen LogP contribution >= 0.6 is 0 Å². The van der Waals surface area contributed by atoms with Crippen molar-refractivity contribution in [3.63, 3.8) is 0 Å². The first-order chi connectivity index (χ1) is 21.8. The predicted octanol–water partition coefficient (Wildman–Crippen LogP) is 3.66. The van der Waals surface area contributed by atoms with Gasteiger partial charge in [0.05, 0.1) is 18.3 Å². The summed E-state index contributed by atoms with van der Waals surface area (Å²) < 4.78 is 24.0. The molecule has 262 valence electrons. The molecule has 3 unspecified atom stereocenters. The number of fused-ring (bicyclic) bond motifs is 2. The maximum Gasteiger partial charge on any atom is 0.302 e. The van der Waals surface area contributed by atoms with Gasteiger partial charge >= 0.3 is 5.97 Å². The molecule has 2 saturated heterocycles. The first kappa shape index (κ1) is 33.8. The van der Waals surface area contributed by atoms with Gasteiger partial charge in [0.15, 0.2) is 12.1 Å². The molecule has 3 N–H and O–H groups in total. The minimum atomic E-state index is -1.34. The molecule has 10 heteroatoms. The molecule has 2 heterocycles. The fourth-order valence-corrected chi connectivity index (χ4v) is 12.3. The highest BCUT2D eigenvalue weighted by Gasteiger charge is 2.83. The van der Waals surface area contributed by atoms with E-state index < -0.39 is 59.2 Å². The third kappa shape index (κ3) is 4.46. The summed E-state index contributed by atoms with van der Waals surface area (Å²) in [5.74, 6) is -0.579. The lowest BCUT2D eigenvalue weighted by atomic mass is 9.44. The fourth-order valence-electron chi connectivity index (χ4n) is 12.3. The van der Waals surface area contributed by atoms with Gasteiger partial charge in [0.2, 0.25) is 0 Å². The highest BCUT2D eigenvalue weighted by Crippen LogP contribution is 2.88. The Morgan fingerprint density at radius 2 is 1.74 bits per heavy atom. The molecule has 0 amide bonds. The number of epoxide rings is 1. The van der Waals surface area contributed by atoms with E-state index in [0.717, 1.165) is 25.7 Å². The van der Waals surface area contributed by atoms with Gasteiger partial charge in [0, 0.05) is 41.9 Å². The quantitative estimate of drug-likeness (QED) is 0.210. The summed E-state index contributed by atoms with van der Waals surface area (Å²) in [6, 6.07) is 0. The molecule has 0 aromatic rings. The van der Waals surface area contributed by atoms with Gasteiger partial charge in [-0.15, -0.1) is 0 Å². The van der Waals surface area contributed by atoms with Gasteiger partial charge in [0.25, 0.3) is 0 Å². The second-order valence-electron chi connectivity index (χ2n) is 17.8. The number of aliphatic hydroxyl groups excluding tert-OH is 3. The van der Waals surface area contributed by atoms with Gasteiger partial charge in [-0.05, 0) is 68.6 Å².